The van der Waals surface area contributed by atoms with Gasteiger partial charge >= 0.3 is 5.97 Å². The third-order valence-corrected chi connectivity index (χ3v) is 5.41. The number of aliphatic carboxylic acids is 1. The lowest BCUT2D eigenvalue weighted by Gasteiger charge is -2.26. The van der Waals surface area contributed by atoms with Gasteiger partial charge in [-0.3, -0.25) is 14.5 Å². The number of hydrogen-bond donors (Lipinski definition) is 1. The maximum absolute atomic E-state index is 12.7. The molecule has 1 aromatic rings. The summed E-state index contributed by atoms with van der Waals surface area (Å²) in [6.45, 7) is 4.11. The van der Waals surface area contributed by atoms with Gasteiger partial charge in [-0.1, -0.05) is 24.6 Å². The van der Waals surface area contributed by atoms with E-state index < -0.39 is 11.4 Å². The number of para-hydroxylation sites is 1. The number of rotatable bonds is 5. The lowest BCUT2D eigenvalue weighted by molar-refractivity contribution is -0.149. The van der Waals surface area contributed by atoms with Crippen LogP contribution < -0.4 is 4.90 Å². The van der Waals surface area contributed by atoms with Crippen molar-refractivity contribution in [2.75, 3.05) is 31.1 Å². The molecule has 3 rings (SSSR count). The molecule has 5 heteroatoms. The standard InChI is InChI=1S/C18H24N2O3/c1-2-20(15-8-4-3-5-9-15)16(21)12-19-11-14-7-6-10-18(14,13-19)17(22)23/h3-5,8-9,14H,2,6-7,10-13H2,1H3,(H,22,23)/t14-,18+/m0/s1. The highest BCUT2D eigenvalue weighted by atomic mass is 16.4. The number of likely N-dealkylation sites (N-methyl/N-ethyl adjacent to an activating group) is 1. The summed E-state index contributed by atoms with van der Waals surface area (Å²) in [6.07, 6.45) is 2.70. The van der Waals surface area contributed by atoms with Crippen molar-refractivity contribution in [3.05, 3.63) is 30.3 Å². The van der Waals surface area contributed by atoms with Gasteiger partial charge in [0.25, 0.3) is 0 Å². The SMILES string of the molecule is CCN(C(=O)CN1C[C@@H]2CCC[C@@]2(C(=O)O)C1)c1ccccc1. The van der Waals surface area contributed by atoms with Gasteiger partial charge in [-0.15, -0.1) is 0 Å². The maximum atomic E-state index is 12.7. The largest absolute Gasteiger partial charge is 0.481 e. The molecule has 0 spiro atoms. The molecule has 1 aromatic carbocycles. The molecule has 1 saturated heterocycles. The zero-order valence-corrected chi connectivity index (χ0v) is 13.6. The van der Waals surface area contributed by atoms with Gasteiger partial charge in [-0.2, -0.15) is 0 Å². The van der Waals surface area contributed by atoms with E-state index in [2.05, 4.69) is 0 Å². The van der Waals surface area contributed by atoms with Crippen molar-refractivity contribution in [2.45, 2.75) is 26.2 Å². The molecule has 0 aromatic heterocycles. The second kappa shape index (κ2) is 6.32. The molecule has 2 atom stereocenters. The zero-order chi connectivity index (χ0) is 16.4. The van der Waals surface area contributed by atoms with Crippen LogP contribution in [0.15, 0.2) is 30.3 Å². The number of carbonyl (C=O) groups excluding carboxylic acids is 1. The predicted molar refractivity (Wildman–Crippen MR) is 88.3 cm³/mol. The molecule has 0 radical (unpaired) electrons. The summed E-state index contributed by atoms with van der Waals surface area (Å²) < 4.78 is 0. The molecule has 0 bridgehead atoms. The number of likely N-dealkylation sites (tertiary alicyclic amines) is 1. The number of anilines is 1. The molecule has 124 valence electrons. The van der Waals surface area contributed by atoms with Gasteiger partial charge in [0.05, 0.1) is 12.0 Å². The fraction of sp³-hybridized carbons (Fsp3) is 0.556. The van der Waals surface area contributed by atoms with Gasteiger partial charge in [-0.25, -0.2) is 0 Å². The van der Waals surface area contributed by atoms with Crippen LogP contribution in [0.3, 0.4) is 0 Å². The Bertz CT molecular complexity index is 589. The number of nitrogens with zero attached hydrogens (tertiary/aromatic N) is 2. The number of carbonyl (C=O) groups is 2. The molecule has 5 nitrogen and oxygen atoms in total. The molecule has 1 heterocycles. The quantitative estimate of drug-likeness (QED) is 0.905. The average Bonchev–Trinajstić information content (AvgIpc) is 3.07. The summed E-state index contributed by atoms with van der Waals surface area (Å²) in [4.78, 5) is 28.2. The van der Waals surface area contributed by atoms with Crippen molar-refractivity contribution >= 4 is 17.6 Å². The summed E-state index contributed by atoms with van der Waals surface area (Å²) in [7, 11) is 0. The Balaban J connectivity index is 1.68. The van der Waals surface area contributed by atoms with Crippen LogP contribution in [0.2, 0.25) is 0 Å². The van der Waals surface area contributed by atoms with Gasteiger partial charge in [-0.05, 0) is 37.8 Å². The summed E-state index contributed by atoms with van der Waals surface area (Å²) in [5, 5.41) is 9.64. The summed E-state index contributed by atoms with van der Waals surface area (Å²) >= 11 is 0. The topological polar surface area (TPSA) is 60.9 Å². The van der Waals surface area contributed by atoms with Crippen LogP contribution in [0.5, 0.6) is 0 Å². The number of carboxylic acids is 1. The minimum atomic E-state index is -0.689. The highest BCUT2D eigenvalue weighted by Gasteiger charge is 2.54. The number of amides is 1. The van der Waals surface area contributed by atoms with Gasteiger partial charge in [0.2, 0.25) is 5.91 Å². The molecule has 23 heavy (non-hydrogen) atoms. The van der Waals surface area contributed by atoms with E-state index in [1.165, 1.54) is 0 Å². The van der Waals surface area contributed by atoms with Crippen LogP contribution in [0.1, 0.15) is 26.2 Å². The minimum absolute atomic E-state index is 0.0409. The third kappa shape index (κ3) is 2.85. The summed E-state index contributed by atoms with van der Waals surface area (Å²) in [5.74, 6) is -0.454. The Kier molecular flexibility index (Phi) is 4.39. The lowest BCUT2D eigenvalue weighted by Crippen LogP contribution is -2.41. The molecule has 1 amide bonds. The van der Waals surface area contributed by atoms with Crippen LogP contribution in [0, 0.1) is 11.3 Å². The summed E-state index contributed by atoms with van der Waals surface area (Å²) in [6, 6.07) is 9.63. The second-order valence-corrected chi connectivity index (χ2v) is 6.69. The Morgan fingerprint density at radius 2 is 2.09 bits per heavy atom. The van der Waals surface area contributed by atoms with E-state index in [1.54, 1.807) is 4.90 Å². The predicted octanol–water partition coefficient (Wildman–Crippen LogP) is 2.23. The molecule has 0 unspecified atom stereocenters. The van der Waals surface area contributed by atoms with E-state index >= 15 is 0 Å². The average molecular weight is 316 g/mol. The molecular formula is C18H24N2O3. The second-order valence-electron chi connectivity index (χ2n) is 6.69. The first-order valence-electron chi connectivity index (χ1n) is 8.38. The zero-order valence-electron chi connectivity index (χ0n) is 13.6. The Hall–Kier alpha value is -1.88. The van der Waals surface area contributed by atoms with Gasteiger partial charge in [0.1, 0.15) is 0 Å². The van der Waals surface area contributed by atoms with Crippen LogP contribution in [0.25, 0.3) is 0 Å². The van der Waals surface area contributed by atoms with Crippen molar-refractivity contribution in [1.29, 1.82) is 0 Å². The van der Waals surface area contributed by atoms with Crippen molar-refractivity contribution in [3.63, 3.8) is 0 Å². The number of benzene rings is 1. The highest BCUT2D eigenvalue weighted by Crippen LogP contribution is 2.48. The maximum Gasteiger partial charge on any atom is 0.311 e. The van der Waals surface area contributed by atoms with E-state index in [0.29, 0.717) is 19.6 Å². The molecule has 1 aliphatic heterocycles. The molecule has 2 fully saturated rings. The van der Waals surface area contributed by atoms with E-state index in [4.69, 9.17) is 0 Å². The van der Waals surface area contributed by atoms with Crippen molar-refractivity contribution < 1.29 is 14.7 Å². The number of fused-ring (bicyclic) bond motifs is 1. The Morgan fingerprint density at radius 3 is 2.70 bits per heavy atom. The molecule has 2 aliphatic rings. The fourth-order valence-electron chi connectivity index (χ4n) is 4.25. The van der Waals surface area contributed by atoms with Crippen LogP contribution in [-0.4, -0.2) is 48.1 Å². The van der Waals surface area contributed by atoms with E-state index in [9.17, 15) is 14.7 Å². The molecule has 1 saturated carbocycles. The van der Waals surface area contributed by atoms with Gasteiger partial charge in [0, 0.05) is 25.3 Å². The van der Waals surface area contributed by atoms with Crippen molar-refractivity contribution in [3.8, 4) is 0 Å². The van der Waals surface area contributed by atoms with Gasteiger partial charge in [0.15, 0.2) is 0 Å². The fourth-order valence-corrected chi connectivity index (χ4v) is 4.25. The molecule has 1 aliphatic carbocycles. The van der Waals surface area contributed by atoms with E-state index in [1.807, 2.05) is 42.2 Å². The first-order chi connectivity index (χ1) is 11.1. The smallest absolute Gasteiger partial charge is 0.311 e. The summed E-state index contributed by atoms with van der Waals surface area (Å²) in [5.41, 5.74) is 0.275. The first-order valence-corrected chi connectivity index (χ1v) is 8.38. The van der Waals surface area contributed by atoms with Gasteiger partial charge < -0.3 is 10.0 Å². The third-order valence-electron chi connectivity index (χ3n) is 5.41. The van der Waals surface area contributed by atoms with E-state index in [0.717, 1.165) is 31.5 Å². The highest BCUT2D eigenvalue weighted by molar-refractivity contribution is 5.94. The van der Waals surface area contributed by atoms with Crippen molar-refractivity contribution in [2.24, 2.45) is 11.3 Å². The number of hydrogen-bond acceptors (Lipinski definition) is 3. The van der Waals surface area contributed by atoms with E-state index in [-0.39, 0.29) is 11.8 Å². The van der Waals surface area contributed by atoms with Crippen LogP contribution in [0.4, 0.5) is 5.69 Å². The monoisotopic (exact) mass is 316 g/mol. The number of carboxylic acid groups (broad SMARTS) is 1. The molecular weight excluding hydrogens is 292 g/mol. The Labute approximate surface area is 136 Å². The molecule has 1 N–H and O–H groups in total. The van der Waals surface area contributed by atoms with Crippen LogP contribution in [-0.2, 0) is 9.59 Å². The Morgan fingerprint density at radius 1 is 1.35 bits per heavy atom. The minimum Gasteiger partial charge on any atom is -0.481 e. The first kappa shape index (κ1) is 16.0. The van der Waals surface area contributed by atoms with Crippen molar-refractivity contribution in [1.82, 2.24) is 4.90 Å². The van der Waals surface area contributed by atoms with Crippen LogP contribution >= 0.6 is 0 Å². The normalized spacial score (nSPS) is 26.9. The lowest BCUT2D eigenvalue weighted by atomic mass is 9.81.